The Bertz CT molecular complexity index is 1090. The van der Waals surface area contributed by atoms with Gasteiger partial charge >= 0.3 is 0 Å². The van der Waals surface area contributed by atoms with Gasteiger partial charge in [-0.05, 0) is 35.7 Å². The number of hydrogen-bond acceptors (Lipinski definition) is 3. The molecule has 4 rings (SSSR count). The first kappa shape index (κ1) is 15.5. The topological polar surface area (TPSA) is 58.6 Å². The van der Waals surface area contributed by atoms with Crippen LogP contribution in [0.25, 0.3) is 22.3 Å². The van der Waals surface area contributed by atoms with E-state index in [0.29, 0.717) is 21.9 Å². The Kier molecular flexibility index (Phi) is 4.04. The molecular formula is C20H14ClN3O. The first-order valence-electron chi connectivity index (χ1n) is 7.88. The number of aromatic nitrogens is 3. The second kappa shape index (κ2) is 6.49. The molecule has 0 bridgehead atoms. The first-order valence-corrected chi connectivity index (χ1v) is 8.26. The van der Waals surface area contributed by atoms with Gasteiger partial charge in [0.2, 0.25) is 0 Å². The summed E-state index contributed by atoms with van der Waals surface area (Å²) >= 11 is 5.81. The van der Waals surface area contributed by atoms with Crippen LogP contribution in [0.5, 0.6) is 0 Å². The van der Waals surface area contributed by atoms with E-state index < -0.39 is 0 Å². The maximum absolute atomic E-state index is 12.2. The lowest BCUT2D eigenvalue weighted by atomic mass is 10.0. The fraction of sp³-hybridized carbons (Fsp3) is 0.0500. The summed E-state index contributed by atoms with van der Waals surface area (Å²) in [4.78, 5) is 23.7. The molecule has 0 amide bonds. The molecule has 25 heavy (non-hydrogen) atoms. The number of pyridine rings is 1. The van der Waals surface area contributed by atoms with E-state index in [1.54, 1.807) is 18.3 Å². The molecule has 0 atom stereocenters. The molecule has 0 saturated carbocycles. The van der Waals surface area contributed by atoms with Crippen LogP contribution in [0.2, 0.25) is 5.15 Å². The van der Waals surface area contributed by atoms with Crippen LogP contribution in [0.3, 0.4) is 0 Å². The van der Waals surface area contributed by atoms with E-state index in [4.69, 9.17) is 11.6 Å². The third-order valence-electron chi connectivity index (χ3n) is 4.04. The second-order valence-electron chi connectivity index (χ2n) is 5.79. The number of H-pyrrole nitrogens is 1. The van der Waals surface area contributed by atoms with E-state index in [0.717, 1.165) is 23.1 Å². The van der Waals surface area contributed by atoms with Crippen LogP contribution in [0.1, 0.15) is 11.1 Å². The minimum absolute atomic E-state index is 0.128. The summed E-state index contributed by atoms with van der Waals surface area (Å²) in [5.41, 5.74) is 3.68. The summed E-state index contributed by atoms with van der Waals surface area (Å²) in [5, 5.41) is 1.09. The number of hydrogen-bond donors (Lipinski definition) is 1. The fourth-order valence-corrected chi connectivity index (χ4v) is 2.86. The summed E-state index contributed by atoms with van der Waals surface area (Å²) in [6, 6.07) is 19.1. The standard InChI is InChI=1S/C20H14ClN3O/c21-18-10-7-14(12-22-18)11-13-5-8-15(9-6-13)19-23-17-4-2-1-3-16(17)20(25)24-19/h1-10,12H,11H2,(H,23,24,25). The molecular weight excluding hydrogens is 334 g/mol. The molecule has 5 heteroatoms. The van der Waals surface area contributed by atoms with Crippen molar-refractivity contribution in [1.29, 1.82) is 0 Å². The van der Waals surface area contributed by atoms with Crippen molar-refractivity contribution in [1.82, 2.24) is 15.0 Å². The molecule has 4 aromatic rings. The number of benzene rings is 2. The lowest BCUT2D eigenvalue weighted by Crippen LogP contribution is -2.09. The number of rotatable bonds is 3. The van der Waals surface area contributed by atoms with Crippen molar-refractivity contribution in [3.05, 3.63) is 93.5 Å². The van der Waals surface area contributed by atoms with Crippen LogP contribution in [-0.2, 0) is 6.42 Å². The number of nitrogens with one attached hydrogen (secondary N) is 1. The molecule has 1 N–H and O–H groups in total. The van der Waals surface area contributed by atoms with Gasteiger partial charge in [0.15, 0.2) is 0 Å². The van der Waals surface area contributed by atoms with Gasteiger partial charge in [-0.2, -0.15) is 0 Å². The summed E-state index contributed by atoms with van der Waals surface area (Å²) in [7, 11) is 0. The van der Waals surface area contributed by atoms with Crippen molar-refractivity contribution in [3.63, 3.8) is 0 Å². The molecule has 0 radical (unpaired) electrons. The van der Waals surface area contributed by atoms with Gasteiger partial charge in [-0.1, -0.05) is 54.1 Å². The Labute approximate surface area is 149 Å². The average Bonchev–Trinajstić information content (AvgIpc) is 2.64. The Morgan fingerprint density at radius 2 is 1.68 bits per heavy atom. The van der Waals surface area contributed by atoms with Gasteiger partial charge in [-0.25, -0.2) is 9.97 Å². The molecule has 2 aromatic heterocycles. The van der Waals surface area contributed by atoms with E-state index in [-0.39, 0.29) is 5.56 Å². The van der Waals surface area contributed by atoms with Gasteiger partial charge in [-0.15, -0.1) is 0 Å². The maximum Gasteiger partial charge on any atom is 0.259 e. The van der Waals surface area contributed by atoms with Gasteiger partial charge in [0, 0.05) is 11.8 Å². The number of halogens is 1. The van der Waals surface area contributed by atoms with Gasteiger partial charge in [0.25, 0.3) is 5.56 Å². The van der Waals surface area contributed by atoms with Crippen molar-refractivity contribution in [2.24, 2.45) is 0 Å². The average molecular weight is 348 g/mol. The molecule has 0 spiro atoms. The molecule has 0 aliphatic rings. The lowest BCUT2D eigenvalue weighted by molar-refractivity contribution is 1.14. The van der Waals surface area contributed by atoms with Crippen LogP contribution >= 0.6 is 11.6 Å². The molecule has 2 aromatic carbocycles. The predicted molar refractivity (Wildman–Crippen MR) is 99.9 cm³/mol. The molecule has 0 aliphatic carbocycles. The highest BCUT2D eigenvalue weighted by Crippen LogP contribution is 2.18. The Hall–Kier alpha value is -2.98. The van der Waals surface area contributed by atoms with Crippen LogP contribution in [-0.4, -0.2) is 15.0 Å². The normalized spacial score (nSPS) is 10.9. The smallest absolute Gasteiger partial charge is 0.259 e. The van der Waals surface area contributed by atoms with Crippen molar-refractivity contribution < 1.29 is 0 Å². The molecule has 0 unspecified atom stereocenters. The number of para-hydroxylation sites is 1. The lowest BCUT2D eigenvalue weighted by Gasteiger charge is -2.05. The van der Waals surface area contributed by atoms with Gasteiger partial charge in [0.1, 0.15) is 11.0 Å². The van der Waals surface area contributed by atoms with Crippen LogP contribution < -0.4 is 5.56 Å². The minimum atomic E-state index is -0.128. The number of fused-ring (bicyclic) bond motifs is 1. The van der Waals surface area contributed by atoms with Crippen molar-refractivity contribution in [2.75, 3.05) is 0 Å². The Morgan fingerprint density at radius 1 is 0.920 bits per heavy atom. The number of nitrogens with zero attached hydrogens (tertiary/aromatic N) is 2. The van der Waals surface area contributed by atoms with Gasteiger partial charge < -0.3 is 4.98 Å². The largest absolute Gasteiger partial charge is 0.306 e. The van der Waals surface area contributed by atoms with E-state index in [9.17, 15) is 4.79 Å². The summed E-state index contributed by atoms with van der Waals surface area (Å²) in [5.74, 6) is 0.573. The van der Waals surface area contributed by atoms with Crippen LogP contribution in [0.15, 0.2) is 71.7 Å². The monoisotopic (exact) mass is 347 g/mol. The predicted octanol–water partition coefficient (Wildman–Crippen LogP) is 4.23. The third-order valence-corrected chi connectivity index (χ3v) is 4.26. The van der Waals surface area contributed by atoms with E-state index in [1.807, 2.05) is 48.5 Å². The zero-order valence-corrected chi connectivity index (χ0v) is 14.0. The number of aromatic amines is 1. The summed E-state index contributed by atoms with van der Waals surface area (Å²) < 4.78 is 0. The van der Waals surface area contributed by atoms with Crippen LogP contribution in [0, 0.1) is 0 Å². The summed E-state index contributed by atoms with van der Waals surface area (Å²) in [6.45, 7) is 0. The van der Waals surface area contributed by atoms with Crippen molar-refractivity contribution >= 4 is 22.5 Å². The highest BCUT2D eigenvalue weighted by molar-refractivity contribution is 6.29. The zero-order chi connectivity index (χ0) is 17.2. The van der Waals surface area contributed by atoms with E-state index >= 15 is 0 Å². The molecule has 0 saturated heterocycles. The van der Waals surface area contributed by atoms with E-state index in [2.05, 4.69) is 15.0 Å². The van der Waals surface area contributed by atoms with Crippen molar-refractivity contribution in [3.8, 4) is 11.4 Å². The molecule has 122 valence electrons. The summed E-state index contributed by atoms with van der Waals surface area (Å²) in [6.07, 6.45) is 2.55. The fourth-order valence-electron chi connectivity index (χ4n) is 2.75. The SMILES string of the molecule is O=c1[nH]c(-c2ccc(Cc3ccc(Cl)nc3)cc2)nc2ccccc12. The van der Waals surface area contributed by atoms with Gasteiger partial charge in [-0.3, -0.25) is 4.79 Å². The highest BCUT2D eigenvalue weighted by atomic mass is 35.5. The first-order chi connectivity index (χ1) is 12.2. The quantitative estimate of drug-likeness (QED) is 0.564. The van der Waals surface area contributed by atoms with E-state index in [1.165, 1.54) is 0 Å². The molecule has 2 heterocycles. The maximum atomic E-state index is 12.2. The van der Waals surface area contributed by atoms with Crippen molar-refractivity contribution in [2.45, 2.75) is 6.42 Å². The van der Waals surface area contributed by atoms with Crippen LogP contribution in [0.4, 0.5) is 0 Å². The van der Waals surface area contributed by atoms with Gasteiger partial charge in [0.05, 0.1) is 10.9 Å². The molecule has 0 fully saturated rings. The zero-order valence-electron chi connectivity index (χ0n) is 13.2. The highest BCUT2D eigenvalue weighted by Gasteiger charge is 2.06. The molecule has 0 aliphatic heterocycles. The second-order valence-corrected chi connectivity index (χ2v) is 6.18. The Morgan fingerprint density at radius 3 is 2.44 bits per heavy atom. The minimum Gasteiger partial charge on any atom is -0.306 e. The molecule has 4 nitrogen and oxygen atoms in total. The Balaban J connectivity index is 1.64. The third kappa shape index (κ3) is 3.30.